The maximum Gasteiger partial charge on any atom is 0.0474 e. The number of fused-ring (bicyclic) bond motifs is 8. The monoisotopic (exact) mass is 637 g/mol. The zero-order valence-corrected chi connectivity index (χ0v) is 28.2. The van der Waals surface area contributed by atoms with Crippen molar-refractivity contribution >= 4 is 60.2 Å². The molecule has 0 saturated carbocycles. The van der Waals surface area contributed by atoms with Gasteiger partial charge < -0.3 is 4.90 Å². The molecule has 1 nitrogen and oxygen atoms in total. The maximum absolute atomic E-state index is 2.46. The van der Waals surface area contributed by atoms with Gasteiger partial charge in [-0.2, -0.15) is 0 Å². The Morgan fingerprint density at radius 2 is 0.920 bits per heavy atom. The minimum Gasteiger partial charge on any atom is -0.310 e. The van der Waals surface area contributed by atoms with Gasteiger partial charge in [0, 0.05) is 22.5 Å². The summed E-state index contributed by atoms with van der Waals surface area (Å²) in [5, 5.41) is 10.0. The summed E-state index contributed by atoms with van der Waals surface area (Å²) in [7, 11) is 0. The molecule has 0 fully saturated rings. The van der Waals surface area contributed by atoms with E-state index in [2.05, 4.69) is 195 Å². The molecule has 9 aromatic rings. The van der Waals surface area contributed by atoms with Gasteiger partial charge >= 0.3 is 0 Å². The first-order valence-electron chi connectivity index (χ1n) is 17.5. The second-order valence-electron chi connectivity index (χ2n) is 14.2. The molecule has 10 rings (SSSR count). The molecule has 1 aliphatic rings. The van der Waals surface area contributed by atoms with E-state index in [9.17, 15) is 0 Å². The molecule has 1 aliphatic carbocycles. The predicted molar refractivity (Wildman–Crippen MR) is 214 cm³/mol. The highest BCUT2D eigenvalue weighted by atomic mass is 15.1. The molecule has 0 aromatic heterocycles. The van der Waals surface area contributed by atoms with Crippen LogP contribution < -0.4 is 4.90 Å². The summed E-state index contributed by atoms with van der Waals surface area (Å²) in [4.78, 5) is 2.46. The summed E-state index contributed by atoms with van der Waals surface area (Å²) >= 11 is 0. The van der Waals surface area contributed by atoms with Gasteiger partial charge in [0.1, 0.15) is 0 Å². The standard InChI is InChI=1S/C49H35N/c1-49(2)47-18-10-9-17-43(47)44-26-25-39(31-48(44)49)50(38-24-23-32-11-3-4-13-35(32)27-38)40-28-36-14-6-8-16-42(36)46(30-40)37-22-21-34-20-19-33-12-5-7-15-41(33)45(34)29-37/h3-31H,1-2H3. The Morgan fingerprint density at radius 1 is 0.340 bits per heavy atom. The molecular weight excluding hydrogens is 603 g/mol. The molecule has 0 aliphatic heterocycles. The van der Waals surface area contributed by atoms with Crippen LogP contribution in [0.2, 0.25) is 0 Å². The lowest BCUT2D eigenvalue weighted by molar-refractivity contribution is 0.660. The third-order valence-corrected chi connectivity index (χ3v) is 11.0. The van der Waals surface area contributed by atoms with Crippen LogP contribution >= 0.6 is 0 Å². The predicted octanol–water partition coefficient (Wildman–Crippen LogP) is 13.7. The number of rotatable bonds is 4. The second kappa shape index (κ2) is 10.9. The molecule has 0 spiro atoms. The summed E-state index contributed by atoms with van der Waals surface area (Å²) in [6.07, 6.45) is 0. The molecule has 0 heterocycles. The van der Waals surface area contributed by atoms with Crippen molar-refractivity contribution in [3.63, 3.8) is 0 Å². The topological polar surface area (TPSA) is 3.24 Å². The number of anilines is 3. The number of nitrogens with zero attached hydrogens (tertiary/aromatic N) is 1. The Labute approximate surface area is 292 Å². The van der Waals surface area contributed by atoms with Crippen molar-refractivity contribution in [2.24, 2.45) is 0 Å². The van der Waals surface area contributed by atoms with Crippen LogP contribution in [0.25, 0.3) is 65.3 Å². The van der Waals surface area contributed by atoms with E-state index in [-0.39, 0.29) is 5.41 Å². The molecule has 0 N–H and O–H groups in total. The van der Waals surface area contributed by atoms with Gasteiger partial charge in [-0.05, 0) is 119 Å². The molecule has 0 atom stereocenters. The second-order valence-corrected chi connectivity index (χ2v) is 14.2. The molecule has 0 saturated heterocycles. The van der Waals surface area contributed by atoms with E-state index in [1.165, 1.54) is 76.5 Å². The Bertz CT molecular complexity index is 2800. The van der Waals surface area contributed by atoms with Crippen LogP contribution in [-0.2, 0) is 5.41 Å². The lowest BCUT2D eigenvalue weighted by Crippen LogP contribution is -2.16. The number of hydrogen-bond acceptors (Lipinski definition) is 1. The molecule has 1 heteroatoms. The van der Waals surface area contributed by atoms with E-state index >= 15 is 0 Å². The Morgan fingerprint density at radius 3 is 1.78 bits per heavy atom. The van der Waals surface area contributed by atoms with Crippen LogP contribution in [0.5, 0.6) is 0 Å². The third-order valence-electron chi connectivity index (χ3n) is 11.0. The Hall–Kier alpha value is -6.18. The van der Waals surface area contributed by atoms with Gasteiger partial charge in [0.25, 0.3) is 0 Å². The van der Waals surface area contributed by atoms with Gasteiger partial charge in [-0.15, -0.1) is 0 Å². The average molecular weight is 638 g/mol. The van der Waals surface area contributed by atoms with Gasteiger partial charge in [-0.3, -0.25) is 0 Å². The Kier molecular flexibility index (Phi) is 6.29. The highest BCUT2D eigenvalue weighted by Gasteiger charge is 2.35. The van der Waals surface area contributed by atoms with Crippen molar-refractivity contribution in [3.8, 4) is 22.3 Å². The molecule has 9 aromatic carbocycles. The van der Waals surface area contributed by atoms with E-state index in [1.807, 2.05) is 0 Å². The third kappa shape index (κ3) is 4.40. The van der Waals surface area contributed by atoms with Gasteiger partial charge in [0.05, 0.1) is 0 Å². The molecule has 0 bridgehead atoms. The van der Waals surface area contributed by atoms with Crippen LogP contribution in [-0.4, -0.2) is 0 Å². The molecular formula is C49H35N. The van der Waals surface area contributed by atoms with Gasteiger partial charge in [-0.25, -0.2) is 0 Å². The van der Waals surface area contributed by atoms with E-state index in [0.717, 1.165) is 17.1 Å². The smallest absolute Gasteiger partial charge is 0.0474 e. The van der Waals surface area contributed by atoms with E-state index in [4.69, 9.17) is 0 Å². The highest BCUT2D eigenvalue weighted by molar-refractivity contribution is 6.10. The van der Waals surface area contributed by atoms with Crippen LogP contribution in [0.3, 0.4) is 0 Å². The van der Waals surface area contributed by atoms with Crippen molar-refractivity contribution in [3.05, 3.63) is 187 Å². The maximum atomic E-state index is 2.46. The largest absolute Gasteiger partial charge is 0.310 e. The van der Waals surface area contributed by atoms with Crippen molar-refractivity contribution in [2.45, 2.75) is 19.3 Å². The first-order valence-corrected chi connectivity index (χ1v) is 17.5. The van der Waals surface area contributed by atoms with Crippen LogP contribution in [0.4, 0.5) is 17.1 Å². The fourth-order valence-electron chi connectivity index (χ4n) is 8.43. The van der Waals surface area contributed by atoms with Crippen molar-refractivity contribution in [1.82, 2.24) is 0 Å². The summed E-state index contributed by atoms with van der Waals surface area (Å²) in [6, 6.07) is 65.2. The molecule has 0 radical (unpaired) electrons. The van der Waals surface area contributed by atoms with E-state index in [1.54, 1.807) is 0 Å². The minimum absolute atomic E-state index is 0.0978. The number of benzene rings is 9. The fourth-order valence-corrected chi connectivity index (χ4v) is 8.43. The Balaban J connectivity index is 1.22. The number of hydrogen-bond donors (Lipinski definition) is 0. The van der Waals surface area contributed by atoms with Gasteiger partial charge in [0.2, 0.25) is 0 Å². The lowest BCUT2D eigenvalue weighted by atomic mass is 9.82. The van der Waals surface area contributed by atoms with E-state index in [0.29, 0.717) is 0 Å². The van der Waals surface area contributed by atoms with Crippen molar-refractivity contribution < 1.29 is 0 Å². The first-order chi connectivity index (χ1) is 24.5. The van der Waals surface area contributed by atoms with Crippen LogP contribution in [0.15, 0.2) is 176 Å². The SMILES string of the molecule is CC1(C)c2ccccc2-c2ccc(N(c3ccc4ccccc4c3)c3cc(-c4ccc5ccc6ccccc6c5c4)c4ccccc4c3)cc21. The molecule has 236 valence electrons. The van der Waals surface area contributed by atoms with Crippen LogP contribution in [0.1, 0.15) is 25.0 Å². The van der Waals surface area contributed by atoms with Crippen LogP contribution in [0, 0.1) is 0 Å². The van der Waals surface area contributed by atoms with Crippen molar-refractivity contribution in [2.75, 3.05) is 4.90 Å². The quantitative estimate of drug-likeness (QED) is 0.174. The highest BCUT2D eigenvalue weighted by Crippen LogP contribution is 2.51. The zero-order valence-electron chi connectivity index (χ0n) is 28.2. The van der Waals surface area contributed by atoms with E-state index < -0.39 is 0 Å². The minimum atomic E-state index is -0.0978. The van der Waals surface area contributed by atoms with Gasteiger partial charge in [-0.1, -0.05) is 147 Å². The average Bonchev–Trinajstić information content (AvgIpc) is 3.40. The normalized spacial score (nSPS) is 13.2. The first kappa shape index (κ1) is 28.8. The summed E-state index contributed by atoms with van der Waals surface area (Å²) in [6.45, 7) is 4.72. The lowest BCUT2D eigenvalue weighted by Gasteiger charge is -2.29. The molecule has 0 amide bonds. The fraction of sp³-hybridized carbons (Fsp3) is 0.0612. The summed E-state index contributed by atoms with van der Waals surface area (Å²) in [5.74, 6) is 0. The zero-order chi connectivity index (χ0) is 33.4. The molecule has 50 heavy (non-hydrogen) atoms. The van der Waals surface area contributed by atoms with Gasteiger partial charge in [0.15, 0.2) is 0 Å². The van der Waals surface area contributed by atoms with Crippen molar-refractivity contribution in [1.29, 1.82) is 0 Å². The summed E-state index contributed by atoms with van der Waals surface area (Å²) < 4.78 is 0. The summed E-state index contributed by atoms with van der Waals surface area (Å²) in [5.41, 5.74) is 11.2. The molecule has 0 unspecified atom stereocenters.